The lowest BCUT2D eigenvalue weighted by Crippen LogP contribution is -2.43. The van der Waals surface area contributed by atoms with Crippen molar-refractivity contribution in [1.82, 2.24) is 24.8 Å². The van der Waals surface area contributed by atoms with Crippen LogP contribution in [0.5, 0.6) is 5.75 Å². The number of hydrogen-bond donors (Lipinski definition) is 2. The molecule has 1 aliphatic heterocycles. The summed E-state index contributed by atoms with van der Waals surface area (Å²) in [6, 6.07) is 19.2. The molecule has 168 valence electrons. The third kappa shape index (κ3) is 4.19. The van der Waals surface area contributed by atoms with Crippen LogP contribution in [0.15, 0.2) is 60.7 Å². The van der Waals surface area contributed by atoms with Gasteiger partial charge in [-0.05, 0) is 56.7 Å². The molecule has 1 saturated heterocycles. The molecule has 33 heavy (non-hydrogen) atoms. The lowest BCUT2D eigenvalue weighted by atomic mass is 9.99. The number of aromatic nitrogens is 3. The molecule has 7 heteroatoms. The number of carbonyl (C=O) groups is 1. The van der Waals surface area contributed by atoms with Crippen molar-refractivity contribution in [3.05, 3.63) is 66.5 Å². The highest BCUT2D eigenvalue weighted by molar-refractivity contribution is 5.96. The number of imidazole rings is 1. The molecule has 0 unspecified atom stereocenters. The Labute approximate surface area is 192 Å². The normalized spacial score (nSPS) is 15.1. The van der Waals surface area contributed by atoms with Gasteiger partial charge in [-0.3, -0.25) is 4.79 Å². The Morgan fingerprint density at radius 2 is 1.70 bits per heavy atom. The van der Waals surface area contributed by atoms with Crippen LogP contribution < -0.4 is 5.32 Å². The molecule has 0 bridgehead atoms. The second-order valence-electron chi connectivity index (χ2n) is 8.69. The van der Waals surface area contributed by atoms with Gasteiger partial charge in [0.05, 0.1) is 11.2 Å². The minimum atomic E-state index is -0.176. The summed E-state index contributed by atoms with van der Waals surface area (Å²) in [6.45, 7) is 1.95. The summed E-state index contributed by atoms with van der Waals surface area (Å²) in [4.78, 5) is 24.8. The van der Waals surface area contributed by atoms with Gasteiger partial charge in [0.2, 0.25) is 5.82 Å². The summed E-state index contributed by atoms with van der Waals surface area (Å²) in [5, 5.41) is 13.2. The average Bonchev–Trinajstić information content (AvgIpc) is 3.16. The van der Waals surface area contributed by atoms with Crippen molar-refractivity contribution in [1.29, 1.82) is 0 Å². The predicted molar refractivity (Wildman–Crippen MR) is 129 cm³/mol. The summed E-state index contributed by atoms with van der Waals surface area (Å²) in [7, 11) is 3.94. The highest BCUT2D eigenvalue weighted by atomic mass is 16.3. The lowest BCUT2D eigenvalue weighted by molar-refractivity contribution is 0.0903. The van der Waals surface area contributed by atoms with Crippen LogP contribution in [0.2, 0.25) is 0 Å². The van der Waals surface area contributed by atoms with E-state index in [4.69, 9.17) is 4.98 Å². The zero-order valence-electron chi connectivity index (χ0n) is 18.8. The first-order valence-electron chi connectivity index (χ1n) is 11.2. The molecular weight excluding hydrogens is 414 g/mol. The Kier molecular flexibility index (Phi) is 5.56. The van der Waals surface area contributed by atoms with Gasteiger partial charge >= 0.3 is 0 Å². The van der Waals surface area contributed by atoms with E-state index in [0.717, 1.165) is 53.8 Å². The molecule has 2 N–H and O–H groups in total. The highest BCUT2D eigenvalue weighted by Gasteiger charge is 2.23. The standard InChI is InChI=1S/C26H27N5O2/c1-30-13-11-19(12-14-30)27-26(33)25-29-24-22(31(25)2)16-21(18-9-6-10-20(32)15-18)23(28-24)17-7-4-3-5-8-17/h3-10,15-16,19,32H,11-14H2,1-2H3,(H,27,33). The molecule has 4 aromatic rings. The minimum Gasteiger partial charge on any atom is -0.508 e. The number of piperidine rings is 1. The van der Waals surface area contributed by atoms with Crippen LogP contribution in [0.3, 0.4) is 0 Å². The zero-order valence-corrected chi connectivity index (χ0v) is 18.8. The number of aryl methyl sites for hydroxylation is 1. The largest absolute Gasteiger partial charge is 0.508 e. The number of aromatic hydroxyl groups is 1. The van der Waals surface area contributed by atoms with Crippen molar-refractivity contribution in [2.75, 3.05) is 20.1 Å². The number of rotatable bonds is 4. The number of phenolic OH excluding ortho intramolecular Hbond substituents is 1. The van der Waals surface area contributed by atoms with Gasteiger partial charge in [0.1, 0.15) is 5.75 Å². The van der Waals surface area contributed by atoms with Gasteiger partial charge in [0, 0.05) is 24.2 Å². The van der Waals surface area contributed by atoms with Gasteiger partial charge in [-0.25, -0.2) is 9.97 Å². The second kappa shape index (κ2) is 8.67. The van der Waals surface area contributed by atoms with E-state index in [2.05, 4.69) is 22.2 Å². The molecule has 0 atom stereocenters. The van der Waals surface area contributed by atoms with Crippen LogP contribution >= 0.6 is 0 Å². The summed E-state index contributed by atoms with van der Waals surface area (Å²) in [5.41, 5.74) is 4.71. The molecule has 0 spiro atoms. The Bertz CT molecular complexity index is 1310. The molecule has 7 nitrogen and oxygen atoms in total. The average molecular weight is 442 g/mol. The molecule has 0 radical (unpaired) electrons. The van der Waals surface area contributed by atoms with Crippen molar-refractivity contribution in [3.63, 3.8) is 0 Å². The maximum atomic E-state index is 13.1. The van der Waals surface area contributed by atoms with Gasteiger partial charge in [0.15, 0.2) is 5.65 Å². The zero-order chi connectivity index (χ0) is 22.9. The van der Waals surface area contributed by atoms with Crippen LogP contribution in [0.25, 0.3) is 33.5 Å². The molecule has 0 saturated carbocycles. The fraction of sp³-hybridized carbons (Fsp3) is 0.269. The van der Waals surface area contributed by atoms with Crippen molar-refractivity contribution in [2.45, 2.75) is 18.9 Å². The number of amides is 1. The topological polar surface area (TPSA) is 83.3 Å². The first-order valence-corrected chi connectivity index (χ1v) is 11.2. The maximum Gasteiger partial charge on any atom is 0.287 e. The number of nitrogens with zero attached hydrogens (tertiary/aromatic N) is 4. The third-order valence-corrected chi connectivity index (χ3v) is 6.34. The smallest absolute Gasteiger partial charge is 0.287 e. The number of benzene rings is 2. The third-order valence-electron chi connectivity index (χ3n) is 6.34. The van der Waals surface area contributed by atoms with Crippen LogP contribution in [-0.4, -0.2) is 56.6 Å². The molecule has 1 aliphatic rings. The summed E-state index contributed by atoms with van der Waals surface area (Å²) >= 11 is 0. The van der Waals surface area contributed by atoms with Crippen LogP contribution in [-0.2, 0) is 7.05 Å². The van der Waals surface area contributed by atoms with Gasteiger partial charge in [-0.15, -0.1) is 0 Å². The fourth-order valence-corrected chi connectivity index (χ4v) is 4.43. The SMILES string of the molecule is CN1CCC(NC(=O)c2nc3nc(-c4ccccc4)c(-c4cccc(O)c4)cc3n2C)CC1. The van der Waals surface area contributed by atoms with Crippen molar-refractivity contribution < 1.29 is 9.90 Å². The number of phenols is 1. The number of carbonyl (C=O) groups excluding carboxylic acids is 1. The van der Waals surface area contributed by atoms with Gasteiger partial charge < -0.3 is 19.9 Å². The molecule has 5 rings (SSSR count). The quantitative estimate of drug-likeness (QED) is 0.503. The second-order valence-corrected chi connectivity index (χ2v) is 8.69. The highest BCUT2D eigenvalue weighted by Crippen LogP contribution is 2.34. The molecule has 0 aliphatic carbocycles. The van der Waals surface area contributed by atoms with Crippen molar-refractivity contribution in [3.8, 4) is 28.1 Å². The molecule has 2 aromatic heterocycles. The first-order chi connectivity index (χ1) is 16.0. The molecule has 2 aromatic carbocycles. The lowest BCUT2D eigenvalue weighted by Gasteiger charge is -2.29. The fourth-order valence-electron chi connectivity index (χ4n) is 4.43. The number of pyridine rings is 1. The number of nitrogens with one attached hydrogen (secondary N) is 1. The van der Waals surface area contributed by atoms with Crippen LogP contribution in [0, 0.1) is 0 Å². The van der Waals surface area contributed by atoms with Gasteiger partial charge in [-0.1, -0.05) is 42.5 Å². The van der Waals surface area contributed by atoms with E-state index >= 15 is 0 Å². The molecule has 1 amide bonds. The minimum absolute atomic E-state index is 0.157. The van der Waals surface area contributed by atoms with E-state index in [9.17, 15) is 9.90 Å². The van der Waals surface area contributed by atoms with Crippen LogP contribution in [0.4, 0.5) is 0 Å². The molecular formula is C26H27N5O2. The first kappa shape index (κ1) is 21.2. The van der Waals surface area contributed by atoms with Crippen molar-refractivity contribution in [2.24, 2.45) is 7.05 Å². The Morgan fingerprint density at radius 1 is 0.970 bits per heavy atom. The van der Waals surface area contributed by atoms with E-state index in [1.165, 1.54) is 0 Å². The summed E-state index contributed by atoms with van der Waals surface area (Å²) < 4.78 is 1.80. The van der Waals surface area contributed by atoms with E-state index < -0.39 is 0 Å². The Morgan fingerprint density at radius 3 is 2.42 bits per heavy atom. The van der Waals surface area contributed by atoms with Crippen LogP contribution in [0.1, 0.15) is 23.5 Å². The number of hydrogen-bond acceptors (Lipinski definition) is 5. The van der Waals surface area contributed by atoms with E-state index in [-0.39, 0.29) is 17.7 Å². The Hall–Kier alpha value is -3.71. The number of likely N-dealkylation sites (tertiary alicyclic amines) is 1. The molecule has 1 fully saturated rings. The maximum absolute atomic E-state index is 13.1. The summed E-state index contributed by atoms with van der Waals surface area (Å²) in [6.07, 6.45) is 1.87. The predicted octanol–water partition coefficient (Wildman–Crippen LogP) is 3.83. The monoisotopic (exact) mass is 441 g/mol. The summed E-state index contributed by atoms with van der Waals surface area (Å²) in [5.74, 6) is 0.364. The van der Waals surface area contributed by atoms with Gasteiger partial charge in [-0.2, -0.15) is 0 Å². The number of fused-ring (bicyclic) bond motifs is 1. The van der Waals surface area contributed by atoms with E-state index in [0.29, 0.717) is 11.5 Å². The van der Waals surface area contributed by atoms with Crippen molar-refractivity contribution >= 4 is 17.1 Å². The van der Waals surface area contributed by atoms with Gasteiger partial charge in [0.25, 0.3) is 5.91 Å². The van der Waals surface area contributed by atoms with E-state index in [1.54, 1.807) is 16.7 Å². The Balaban J connectivity index is 1.58. The molecule has 3 heterocycles. The van der Waals surface area contributed by atoms with E-state index in [1.807, 2.05) is 55.6 Å².